The van der Waals surface area contributed by atoms with Crippen molar-refractivity contribution in [3.63, 3.8) is 0 Å². The van der Waals surface area contributed by atoms with Gasteiger partial charge in [-0.2, -0.15) is 0 Å². The van der Waals surface area contributed by atoms with Gasteiger partial charge in [-0.25, -0.2) is 4.79 Å². The third-order valence-corrected chi connectivity index (χ3v) is 3.27. The Morgan fingerprint density at radius 1 is 1.35 bits per heavy atom. The summed E-state index contributed by atoms with van der Waals surface area (Å²) < 4.78 is 6.46. The molecule has 2 aromatic rings. The van der Waals surface area contributed by atoms with Crippen molar-refractivity contribution in [3.8, 4) is 5.75 Å². The van der Waals surface area contributed by atoms with E-state index in [0.717, 1.165) is 10.0 Å². The van der Waals surface area contributed by atoms with E-state index >= 15 is 0 Å². The molecule has 0 aliphatic carbocycles. The number of hydrogen-bond acceptors (Lipinski definition) is 3. The number of aromatic amines is 1. The summed E-state index contributed by atoms with van der Waals surface area (Å²) in [7, 11) is 0. The van der Waals surface area contributed by atoms with E-state index in [4.69, 9.17) is 9.84 Å². The summed E-state index contributed by atoms with van der Waals surface area (Å²) in [5.74, 6) is -1.20. The second kappa shape index (κ2) is 5.92. The van der Waals surface area contributed by atoms with Gasteiger partial charge in [0.1, 0.15) is 12.4 Å². The van der Waals surface area contributed by atoms with Gasteiger partial charge in [0.2, 0.25) is 0 Å². The highest BCUT2D eigenvalue weighted by Crippen LogP contribution is 2.21. The Morgan fingerprint density at radius 3 is 2.60 bits per heavy atom. The summed E-state index contributed by atoms with van der Waals surface area (Å²) in [6.07, 6.45) is 1.44. The first kappa shape index (κ1) is 14.3. The Labute approximate surface area is 123 Å². The lowest BCUT2D eigenvalue weighted by Crippen LogP contribution is -2.19. The molecule has 1 aromatic heterocycles. The summed E-state index contributed by atoms with van der Waals surface area (Å²) in [6, 6.07) is 7.43. The third-order valence-electron chi connectivity index (χ3n) is 2.74. The third kappa shape index (κ3) is 3.08. The van der Waals surface area contributed by atoms with Crippen molar-refractivity contribution in [2.45, 2.75) is 13.5 Å². The number of hydrogen-bond donors (Lipinski definition) is 2. The van der Waals surface area contributed by atoms with Gasteiger partial charge in [0.25, 0.3) is 5.56 Å². The van der Waals surface area contributed by atoms with Crippen molar-refractivity contribution in [1.29, 1.82) is 0 Å². The highest BCUT2D eigenvalue weighted by atomic mass is 79.9. The topological polar surface area (TPSA) is 79.4 Å². The summed E-state index contributed by atoms with van der Waals surface area (Å²) >= 11 is 3.33. The van der Waals surface area contributed by atoms with Crippen LogP contribution in [0.1, 0.15) is 21.5 Å². The van der Waals surface area contributed by atoms with Crippen LogP contribution in [0.25, 0.3) is 0 Å². The quantitative estimate of drug-likeness (QED) is 0.898. The number of rotatable bonds is 4. The summed E-state index contributed by atoms with van der Waals surface area (Å²) in [5, 5.41) is 9.10. The van der Waals surface area contributed by atoms with Crippen molar-refractivity contribution < 1.29 is 14.6 Å². The molecule has 0 saturated carbocycles. The van der Waals surface area contributed by atoms with Crippen LogP contribution in [-0.4, -0.2) is 16.1 Å². The molecule has 0 atom stereocenters. The van der Waals surface area contributed by atoms with E-state index in [0.29, 0.717) is 5.56 Å². The monoisotopic (exact) mass is 337 g/mol. The first-order valence-corrected chi connectivity index (χ1v) is 6.61. The molecule has 0 radical (unpaired) electrons. The Balaban J connectivity index is 2.29. The van der Waals surface area contributed by atoms with E-state index in [9.17, 15) is 9.59 Å². The molecule has 2 N–H and O–H groups in total. The minimum absolute atomic E-state index is 0.101. The van der Waals surface area contributed by atoms with Gasteiger partial charge in [-0.3, -0.25) is 4.79 Å². The van der Waals surface area contributed by atoms with Gasteiger partial charge in [-0.1, -0.05) is 28.1 Å². The fraction of sp³-hybridized carbons (Fsp3) is 0.143. The van der Waals surface area contributed by atoms with Crippen LogP contribution >= 0.6 is 15.9 Å². The number of benzene rings is 1. The number of ether oxygens (including phenoxy) is 1. The van der Waals surface area contributed by atoms with Gasteiger partial charge in [0.15, 0.2) is 5.56 Å². The Hall–Kier alpha value is -2.08. The van der Waals surface area contributed by atoms with Crippen LogP contribution in [0.5, 0.6) is 5.75 Å². The molecule has 0 bridgehead atoms. The van der Waals surface area contributed by atoms with Gasteiger partial charge < -0.3 is 14.8 Å². The number of carboxylic acid groups (broad SMARTS) is 1. The average molecular weight is 338 g/mol. The number of carboxylic acids is 1. The first-order valence-electron chi connectivity index (χ1n) is 5.82. The molecule has 0 saturated heterocycles. The normalized spacial score (nSPS) is 10.3. The van der Waals surface area contributed by atoms with Crippen LogP contribution < -0.4 is 10.3 Å². The molecule has 0 amide bonds. The fourth-order valence-electron chi connectivity index (χ4n) is 1.73. The van der Waals surface area contributed by atoms with Crippen LogP contribution in [-0.2, 0) is 6.61 Å². The number of halogens is 1. The highest BCUT2D eigenvalue weighted by molar-refractivity contribution is 9.10. The van der Waals surface area contributed by atoms with E-state index in [1.807, 2.05) is 24.3 Å². The number of H-pyrrole nitrogens is 1. The number of carbonyl (C=O) groups is 1. The molecule has 0 aliphatic heterocycles. The van der Waals surface area contributed by atoms with E-state index in [-0.39, 0.29) is 17.9 Å². The molecule has 0 fully saturated rings. The van der Waals surface area contributed by atoms with Crippen LogP contribution in [0.2, 0.25) is 0 Å². The van der Waals surface area contributed by atoms with Gasteiger partial charge >= 0.3 is 5.97 Å². The molecular formula is C14H12BrNO4. The molecule has 104 valence electrons. The lowest BCUT2D eigenvalue weighted by atomic mass is 10.2. The molecule has 0 unspecified atom stereocenters. The van der Waals surface area contributed by atoms with Gasteiger partial charge in [0.05, 0.1) is 0 Å². The predicted octanol–water partition coefficient (Wildman–Crippen LogP) is 2.72. The Morgan fingerprint density at radius 2 is 2.00 bits per heavy atom. The molecule has 1 heterocycles. The molecule has 2 rings (SSSR count). The maximum absolute atomic E-state index is 11.6. The van der Waals surface area contributed by atoms with Crippen molar-refractivity contribution in [1.82, 2.24) is 4.98 Å². The number of aromatic nitrogens is 1. The van der Waals surface area contributed by atoms with Crippen molar-refractivity contribution in [2.75, 3.05) is 0 Å². The van der Waals surface area contributed by atoms with Crippen molar-refractivity contribution in [2.24, 2.45) is 0 Å². The molecule has 5 nitrogen and oxygen atoms in total. The highest BCUT2D eigenvalue weighted by Gasteiger charge is 2.18. The Bertz CT molecular complexity index is 691. The Kier molecular flexibility index (Phi) is 4.24. The molecule has 0 spiro atoms. The molecule has 1 aromatic carbocycles. The maximum Gasteiger partial charge on any atom is 0.345 e. The van der Waals surface area contributed by atoms with Crippen LogP contribution in [0.4, 0.5) is 0 Å². The first-order chi connectivity index (χ1) is 9.49. The zero-order valence-corrected chi connectivity index (χ0v) is 12.2. The van der Waals surface area contributed by atoms with Crippen molar-refractivity contribution in [3.05, 3.63) is 62.0 Å². The second-order valence-electron chi connectivity index (χ2n) is 4.23. The van der Waals surface area contributed by atoms with E-state index in [1.54, 1.807) is 6.92 Å². The molecular weight excluding hydrogens is 326 g/mol. The van der Waals surface area contributed by atoms with E-state index < -0.39 is 11.5 Å². The lowest BCUT2D eigenvalue weighted by molar-refractivity contribution is 0.0689. The van der Waals surface area contributed by atoms with Crippen LogP contribution in [0.15, 0.2) is 39.7 Å². The van der Waals surface area contributed by atoms with E-state index in [2.05, 4.69) is 20.9 Å². The summed E-state index contributed by atoms with van der Waals surface area (Å²) in [6.45, 7) is 1.87. The minimum atomic E-state index is -1.30. The van der Waals surface area contributed by atoms with Crippen LogP contribution in [0, 0.1) is 6.92 Å². The standard InChI is InChI=1S/C14H12BrNO4/c1-8-6-16-13(17)11(14(18)19)12(8)20-7-9-2-4-10(15)5-3-9/h2-6H,7H2,1H3,(H,16,17)(H,18,19). The second-order valence-corrected chi connectivity index (χ2v) is 5.14. The van der Waals surface area contributed by atoms with Crippen LogP contribution in [0.3, 0.4) is 0 Å². The molecule has 0 aliphatic rings. The smallest absolute Gasteiger partial charge is 0.345 e. The van der Waals surface area contributed by atoms with E-state index in [1.165, 1.54) is 6.20 Å². The van der Waals surface area contributed by atoms with Gasteiger partial charge in [-0.05, 0) is 24.6 Å². The summed E-state index contributed by atoms with van der Waals surface area (Å²) in [5.41, 5.74) is 0.402. The largest absolute Gasteiger partial charge is 0.487 e. The molecule has 6 heteroatoms. The number of aryl methyl sites for hydroxylation is 1. The average Bonchev–Trinajstić information content (AvgIpc) is 2.41. The SMILES string of the molecule is Cc1c[nH]c(=O)c(C(=O)O)c1OCc1ccc(Br)cc1. The zero-order chi connectivity index (χ0) is 14.7. The fourth-order valence-corrected chi connectivity index (χ4v) is 1.99. The maximum atomic E-state index is 11.6. The van der Waals surface area contributed by atoms with Gasteiger partial charge in [-0.15, -0.1) is 0 Å². The lowest BCUT2D eigenvalue weighted by Gasteiger charge is -2.11. The van der Waals surface area contributed by atoms with Crippen molar-refractivity contribution >= 4 is 21.9 Å². The zero-order valence-electron chi connectivity index (χ0n) is 10.6. The number of nitrogens with one attached hydrogen (secondary N) is 1. The predicted molar refractivity (Wildman–Crippen MR) is 77.2 cm³/mol. The molecule has 20 heavy (non-hydrogen) atoms. The number of aromatic carboxylic acids is 1. The number of pyridine rings is 1. The minimum Gasteiger partial charge on any atom is -0.487 e. The summed E-state index contributed by atoms with van der Waals surface area (Å²) in [4.78, 5) is 25.1. The van der Waals surface area contributed by atoms with Gasteiger partial charge in [0, 0.05) is 16.2 Å².